The van der Waals surface area contributed by atoms with Crippen LogP contribution in [-0.4, -0.2) is 0 Å². The first-order valence-electron chi connectivity index (χ1n) is 4.17. The molecule has 1 heterocycles. The van der Waals surface area contributed by atoms with E-state index in [0.29, 0.717) is 0 Å². The van der Waals surface area contributed by atoms with Crippen molar-refractivity contribution in [2.24, 2.45) is 0 Å². The molecule has 1 aromatic carbocycles. The molecule has 0 aliphatic heterocycles. The minimum absolute atomic E-state index is 1.09. The molecule has 0 amide bonds. The van der Waals surface area contributed by atoms with Crippen molar-refractivity contribution in [1.29, 1.82) is 0 Å². The van der Waals surface area contributed by atoms with Gasteiger partial charge in [0.2, 0.25) is 0 Å². The SMILES string of the molecule is Cc1cccc2c(C(Br)=CBr)csc12. The summed E-state index contributed by atoms with van der Waals surface area (Å²) in [7, 11) is 0. The van der Waals surface area contributed by atoms with E-state index in [9.17, 15) is 0 Å². The first-order chi connectivity index (χ1) is 6.74. The fourth-order valence-electron chi connectivity index (χ4n) is 1.45. The van der Waals surface area contributed by atoms with Crippen LogP contribution in [0.2, 0.25) is 0 Å². The van der Waals surface area contributed by atoms with E-state index in [1.165, 1.54) is 21.2 Å². The highest BCUT2D eigenvalue weighted by molar-refractivity contribution is 9.16. The van der Waals surface area contributed by atoms with Crippen LogP contribution in [0.15, 0.2) is 28.6 Å². The third kappa shape index (κ3) is 1.69. The smallest absolute Gasteiger partial charge is 0.0378 e. The lowest BCUT2D eigenvalue weighted by molar-refractivity contribution is 1.56. The van der Waals surface area contributed by atoms with Crippen molar-refractivity contribution in [3.63, 3.8) is 0 Å². The third-order valence-corrected chi connectivity index (χ3v) is 5.01. The molecule has 0 fully saturated rings. The average Bonchev–Trinajstić information content (AvgIpc) is 2.62. The van der Waals surface area contributed by atoms with Crippen LogP contribution >= 0.6 is 43.2 Å². The minimum atomic E-state index is 1.09. The maximum absolute atomic E-state index is 3.53. The summed E-state index contributed by atoms with van der Waals surface area (Å²) in [5.74, 6) is 0. The van der Waals surface area contributed by atoms with Gasteiger partial charge in [-0.1, -0.05) is 34.1 Å². The Labute approximate surface area is 104 Å². The molecule has 2 rings (SSSR count). The van der Waals surface area contributed by atoms with Gasteiger partial charge in [-0.3, -0.25) is 0 Å². The molecule has 0 bridgehead atoms. The van der Waals surface area contributed by atoms with Crippen LogP contribution in [0.1, 0.15) is 11.1 Å². The fourth-order valence-corrected chi connectivity index (χ4v) is 3.22. The first kappa shape index (κ1) is 10.4. The second-order valence-electron chi connectivity index (χ2n) is 3.06. The van der Waals surface area contributed by atoms with Gasteiger partial charge in [-0.2, -0.15) is 0 Å². The zero-order chi connectivity index (χ0) is 10.1. The Morgan fingerprint density at radius 3 is 2.93 bits per heavy atom. The van der Waals surface area contributed by atoms with Gasteiger partial charge in [0.1, 0.15) is 0 Å². The van der Waals surface area contributed by atoms with Gasteiger partial charge in [0.15, 0.2) is 0 Å². The average molecular weight is 332 g/mol. The summed E-state index contributed by atoms with van der Waals surface area (Å²) in [6.07, 6.45) is 0. The quantitative estimate of drug-likeness (QED) is 0.665. The third-order valence-electron chi connectivity index (χ3n) is 2.15. The predicted octanol–water partition coefficient (Wildman–Crippen LogP) is 5.30. The Bertz CT molecular complexity index is 497. The molecule has 1 aromatic heterocycles. The number of rotatable bonds is 1. The molecule has 0 radical (unpaired) electrons. The summed E-state index contributed by atoms with van der Waals surface area (Å²) in [6.45, 7) is 2.15. The molecule has 3 heteroatoms. The molecule has 0 nitrogen and oxygen atoms in total. The largest absolute Gasteiger partial charge is 0.143 e. The number of hydrogen-bond donors (Lipinski definition) is 0. The lowest BCUT2D eigenvalue weighted by atomic mass is 10.1. The summed E-state index contributed by atoms with van der Waals surface area (Å²) in [5.41, 5.74) is 2.60. The molecule has 14 heavy (non-hydrogen) atoms. The summed E-state index contributed by atoms with van der Waals surface area (Å²) in [6, 6.07) is 6.41. The van der Waals surface area contributed by atoms with E-state index in [1.807, 2.05) is 4.99 Å². The molecule has 72 valence electrons. The Hall–Kier alpha value is -0.120. The van der Waals surface area contributed by atoms with E-state index in [-0.39, 0.29) is 0 Å². The van der Waals surface area contributed by atoms with E-state index in [1.54, 1.807) is 11.3 Å². The van der Waals surface area contributed by atoms with Crippen molar-refractivity contribution in [2.45, 2.75) is 6.92 Å². The number of benzene rings is 1. The molecule has 0 saturated carbocycles. The number of fused-ring (bicyclic) bond motifs is 1. The molecule has 0 saturated heterocycles. The van der Waals surface area contributed by atoms with Crippen molar-refractivity contribution in [1.82, 2.24) is 0 Å². The second-order valence-corrected chi connectivity index (χ2v) is 5.25. The van der Waals surface area contributed by atoms with Gasteiger partial charge in [0, 0.05) is 25.5 Å². The fraction of sp³-hybridized carbons (Fsp3) is 0.0909. The Kier molecular flexibility index (Phi) is 3.10. The minimum Gasteiger partial charge on any atom is -0.143 e. The Morgan fingerprint density at radius 1 is 1.43 bits per heavy atom. The summed E-state index contributed by atoms with van der Waals surface area (Å²) >= 11 is 8.66. The first-order valence-corrected chi connectivity index (χ1v) is 6.76. The number of hydrogen-bond acceptors (Lipinski definition) is 1. The van der Waals surface area contributed by atoms with Crippen molar-refractivity contribution < 1.29 is 0 Å². The van der Waals surface area contributed by atoms with Crippen LogP contribution < -0.4 is 0 Å². The van der Waals surface area contributed by atoms with E-state index in [0.717, 1.165) is 4.48 Å². The van der Waals surface area contributed by atoms with Gasteiger partial charge in [-0.05, 0) is 33.4 Å². The topological polar surface area (TPSA) is 0 Å². The van der Waals surface area contributed by atoms with Crippen LogP contribution in [-0.2, 0) is 0 Å². The highest BCUT2D eigenvalue weighted by Gasteiger charge is 2.07. The van der Waals surface area contributed by atoms with Crippen molar-refractivity contribution >= 4 is 57.8 Å². The van der Waals surface area contributed by atoms with E-state index >= 15 is 0 Å². The zero-order valence-corrected chi connectivity index (χ0v) is 11.5. The summed E-state index contributed by atoms with van der Waals surface area (Å²) in [5, 5.41) is 3.50. The van der Waals surface area contributed by atoms with Crippen LogP contribution in [0.4, 0.5) is 0 Å². The maximum Gasteiger partial charge on any atom is 0.0378 e. The predicted molar refractivity (Wildman–Crippen MR) is 72.4 cm³/mol. The Balaban J connectivity index is 2.76. The van der Waals surface area contributed by atoms with Gasteiger partial charge in [0.25, 0.3) is 0 Å². The van der Waals surface area contributed by atoms with Crippen molar-refractivity contribution in [3.8, 4) is 0 Å². The number of aryl methyl sites for hydroxylation is 1. The van der Waals surface area contributed by atoms with E-state index < -0.39 is 0 Å². The summed E-state index contributed by atoms with van der Waals surface area (Å²) in [4.78, 5) is 1.90. The molecule has 0 unspecified atom stereocenters. The molecular weight excluding hydrogens is 324 g/mol. The van der Waals surface area contributed by atoms with Crippen molar-refractivity contribution in [3.05, 3.63) is 39.7 Å². The summed E-state index contributed by atoms with van der Waals surface area (Å²) < 4.78 is 2.46. The van der Waals surface area contributed by atoms with Gasteiger partial charge < -0.3 is 0 Å². The molecule has 2 aromatic rings. The molecule has 0 aliphatic rings. The van der Waals surface area contributed by atoms with Crippen LogP contribution in [0.3, 0.4) is 0 Å². The highest BCUT2D eigenvalue weighted by Crippen LogP contribution is 2.35. The molecule has 0 atom stereocenters. The van der Waals surface area contributed by atoms with E-state index in [2.05, 4.69) is 62.4 Å². The lowest BCUT2D eigenvalue weighted by Gasteiger charge is -1.97. The molecular formula is C11H8Br2S. The second kappa shape index (κ2) is 4.17. The number of thiophene rings is 1. The van der Waals surface area contributed by atoms with Gasteiger partial charge in [-0.25, -0.2) is 0 Å². The maximum atomic E-state index is 3.53. The standard InChI is InChI=1S/C11H8Br2S/c1-7-3-2-4-8-9(10(13)5-12)6-14-11(7)8/h2-6H,1H3. The van der Waals surface area contributed by atoms with Gasteiger partial charge in [0.05, 0.1) is 0 Å². The van der Waals surface area contributed by atoms with Crippen LogP contribution in [0, 0.1) is 6.92 Å². The van der Waals surface area contributed by atoms with Crippen LogP contribution in [0.25, 0.3) is 14.6 Å². The Morgan fingerprint density at radius 2 is 2.21 bits per heavy atom. The normalized spacial score (nSPS) is 12.4. The zero-order valence-electron chi connectivity index (χ0n) is 7.55. The van der Waals surface area contributed by atoms with Gasteiger partial charge >= 0.3 is 0 Å². The number of halogens is 2. The van der Waals surface area contributed by atoms with Crippen LogP contribution in [0.5, 0.6) is 0 Å². The molecule has 0 N–H and O–H groups in total. The highest BCUT2D eigenvalue weighted by atomic mass is 79.9. The lowest BCUT2D eigenvalue weighted by Crippen LogP contribution is -1.74. The van der Waals surface area contributed by atoms with Gasteiger partial charge in [-0.15, -0.1) is 11.3 Å². The van der Waals surface area contributed by atoms with E-state index in [4.69, 9.17) is 0 Å². The monoisotopic (exact) mass is 330 g/mol. The molecule has 0 aliphatic carbocycles. The molecule has 0 spiro atoms. The van der Waals surface area contributed by atoms with Crippen molar-refractivity contribution in [2.75, 3.05) is 0 Å².